The van der Waals surface area contributed by atoms with Crippen LogP contribution in [0.5, 0.6) is 0 Å². The lowest BCUT2D eigenvalue weighted by Crippen LogP contribution is -2.43. The molecule has 1 aromatic heterocycles. The molecule has 2 heterocycles. The molecule has 0 bridgehead atoms. The normalized spacial score (nSPS) is 16.8. The number of fused-ring (bicyclic) bond motifs is 1. The van der Waals surface area contributed by atoms with E-state index in [1.165, 1.54) is 7.11 Å². The van der Waals surface area contributed by atoms with Crippen molar-refractivity contribution in [1.82, 2.24) is 15.2 Å². The first kappa shape index (κ1) is 19.9. The first-order chi connectivity index (χ1) is 13.6. The monoisotopic (exact) mass is 385 g/mol. The maximum Gasteiger partial charge on any atom is 0.305 e. The van der Waals surface area contributed by atoms with Gasteiger partial charge in [-0.15, -0.1) is 0 Å². The number of aromatic nitrogens is 1. The van der Waals surface area contributed by atoms with E-state index in [0.717, 1.165) is 30.3 Å². The molecule has 7 heteroatoms. The van der Waals surface area contributed by atoms with Crippen LogP contribution in [-0.2, 0) is 14.3 Å². The van der Waals surface area contributed by atoms with Crippen molar-refractivity contribution in [1.29, 1.82) is 0 Å². The van der Waals surface area contributed by atoms with Crippen molar-refractivity contribution < 1.29 is 19.1 Å². The molecule has 1 fully saturated rings. The van der Waals surface area contributed by atoms with Crippen molar-refractivity contribution in [3.8, 4) is 0 Å². The number of carbonyl (C=O) groups is 3. The zero-order valence-corrected chi connectivity index (χ0v) is 16.2. The van der Waals surface area contributed by atoms with Gasteiger partial charge >= 0.3 is 5.97 Å². The van der Waals surface area contributed by atoms with Gasteiger partial charge in [-0.2, -0.15) is 0 Å². The molecule has 1 saturated heterocycles. The average Bonchev–Trinajstić information content (AvgIpc) is 3.16. The number of nitrogens with one attached hydrogen (secondary N) is 2. The first-order valence-corrected chi connectivity index (χ1v) is 9.77. The molecular weight excluding hydrogens is 358 g/mol. The van der Waals surface area contributed by atoms with Gasteiger partial charge < -0.3 is 19.9 Å². The Morgan fingerprint density at radius 3 is 2.86 bits per heavy atom. The Morgan fingerprint density at radius 1 is 1.25 bits per heavy atom. The molecule has 2 amide bonds. The van der Waals surface area contributed by atoms with Crippen LogP contribution in [0.4, 0.5) is 0 Å². The molecule has 28 heavy (non-hydrogen) atoms. The van der Waals surface area contributed by atoms with E-state index in [1.54, 1.807) is 0 Å². The van der Waals surface area contributed by atoms with Crippen LogP contribution in [0.1, 0.15) is 42.6 Å². The number of likely N-dealkylation sites (tertiary alicyclic amines) is 1. The van der Waals surface area contributed by atoms with E-state index in [0.29, 0.717) is 31.6 Å². The van der Waals surface area contributed by atoms with Crippen molar-refractivity contribution in [3.05, 3.63) is 36.0 Å². The summed E-state index contributed by atoms with van der Waals surface area (Å²) in [7, 11) is 1.35. The Kier molecular flexibility index (Phi) is 6.68. The molecule has 1 aliphatic heterocycles. The Bertz CT molecular complexity index is 812. The number of H-pyrrole nitrogens is 1. The molecule has 1 atom stereocenters. The third kappa shape index (κ3) is 5.12. The van der Waals surface area contributed by atoms with Crippen molar-refractivity contribution >= 4 is 28.7 Å². The lowest BCUT2D eigenvalue weighted by atomic mass is 9.97. The highest BCUT2D eigenvalue weighted by Crippen LogP contribution is 2.18. The minimum Gasteiger partial charge on any atom is -0.469 e. The van der Waals surface area contributed by atoms with Crippen molar-refractivity contribution in [2.45, 2.75) is 32.1 Å². The fourth-order valence-electron chi connectivity index (χ4n) is 3.63. The van der Waals surface area contributed by atoms with Crippen LogP contribution in [0.25, 0.3) is 10.9 Å². The van der Waals surface area contributed by atoms with E-state index in [-0.39, 0.29) is 30.1 Å². The average molecular weight is 385 g/mol. The van der Waals surface area contributed by atoms with E-state index >= 15 is 0 Å². The van der Waals surface area contributed by atoms with Crippen molar-refractivity contribution in [3.63, 3.8) is 0 Å². The maximum atomic E-state index is 12.4. The van der Waals surface area contributed by atoms with Crippen LogP contribution >= 0.6 is 0 Å². The highest BCUT2D eigenvalue weighted by atomic mass is 16.5. The number of benzene rings is 1. The SMILES string of the molecule is COC(=O)CCCC(=O)N1CCC[C@H](CNC(=O)c2cc3ccccc3[nH]2)C1. The third-order valence-corrected chi connectivity index (χ3v) is 5.20. The van der Waals surface area contributed by atoms with Gasteiger partial charge in [0.15, 0.2) is 0 Å². The van der Waals surface area contributed by atoms with Crippen LogP contribution in [0.3, 0.4) is 0 Å². The fourth-order valence-corrected chi connectivity index (χ4v) is 3.63. The summed E-state index contributed by atoms with van der Waals surface area (Å²) in [5.41, 5.74) is 1.49. The van der Waals surface area contributed by atoms with Gasteiger partial charge in [0.25, 0.3) is 5.91 Å². The number of nitrogens with zero attached hydrogens (tertiary/aromatic N) is 1. The standard InChI is InChI=1S/C21H27N3O4/c1-28-20(26)10-4-9-19(25)24-11-5-6-15(14-24)13-22-21(27)18-12-16-7-2-3-8-17(16)23-18/h2-3,7-8,12,15,23H,4-6,9-11,13-14H2,1H3,(H,22,27)/t15-/m1/s1. The van der Waals surface area contributed by atoms with Crippen LogP contribution in [0.2, 0.25) is 0 Å². The number of rotatable bonds is 7. The third-order valence-electron chi connectivity index (χ3n) is 5.20. The first-order valence-electron chi connectivity index (χ1n) is 9.77. The van der Waals surface area contributed by atoms with Crippen LogP contribution in [0, 0.1) is 5.92 Å². The summed E-state index contributed by atoms with van der Waals surface area (Å²) in [6, 6.07) is 9.63. The smallest absolute Gasteiger partial charge is 0.305 e. The number of carbonyl (C=O) groups excluding carboxylic acids is 3. The fraction of sp³-hybridized carbons (Fsp3) is 0.476. The molecule has 150 valence electrons. The zero-order chi connectivity index (χ0) is 19.9. The molecular formula is C21H27N3O4. The molecule has 1 aliphatic rings. The zero-order valence-electron chi connectivity index (χ0n) is 16.2. The molecule has 0 unspecified atom stereocenters. The summed E-state index contributed by atoms with van der Waals surface area (Å²) < 4.78 is 4.60. The highest BCUT2D eigenvalue weighted by Gasteiger charge is 2.24. The van der Waals surface area contributed by atoms with Gasteiger partial charge in [-0.1, -0.05) is 18.2 Å². The van der Waals surface area contributed by atoms with Gasteiger partial charge in [0.05, 0.1) is 7.11 Å². The Morgan fingerprint density at radius 2 is 2.07 bits per heavy atom. The summed E-state index contributed by atoms with van der Waals surface area (Å²) in [4.78, 5) is 40.9. The molecule has 0 spiro atoms. The molecule has 1 aromatic carbocycles. The summed E-state index contributed by atoms with van der Waals surface area (Å²) in [6.07, 6.45) is 3.03. The number of ether oxygens (including phenoxy) is 1. The molecule has 0 radical (unpaired) electrons. The van der Waals surface area contributed by atoms with Gasteiger partial charge in [-0.05, 0) is 37.3 Å². The van der Waals surface area contributed by atoms with Gasteiger partial charge in [0, 0.05) is 43.4 Å². The topological polar surface area (TPSA) is 91.5 Å². The second-order valence-corrected chi connectivity index (χ2v) is 7.26. The highest BCUT2D eigenvalue weighted by molar-refractivity contribution is 5.97. The quantitative estimate of drug-likeness (QED) is 0.717. The molecule has 2 aromatic rings. The van der Waals surface area contributed by atoms with Gasteiger partial charge in [0.2, 0.25) is 5.91 Å². The van der Waals surface area contributed by atoms with Gasteiger partial charge in [-0.3, -0.25) is 14.4 Å². The number of para-hydroxylation sites is 1. The summed E-state index contributed by atoms with van der Waals surface area (Å²) in [5, 5.41) is 3.99. The number of piperidine rings is 1. The van der Waals surface area contributed by atoms with E-state index in [9.17, 15) is 14.4 Å². The summed E-state index contributed by atoms with van der Waals surface area (Å²) in [6.45, 7) is 1.92. The van der Waals surface area contributed by atoms with Crippen LogP contribution < -0.4 is 5.32 Å². The molecule has 3 rings (SSSR count). The van der Waals surface area contributed by atoms with Crippen LogP contribution in [-0.4, -0.2) is 54.4 Å². The Balaban J connectivity index is 1.46. The van der Waals surface area contributed by atoms with E-state index < -0.39 is 0 Å². The minimum atomic E-state index is -0.288. The van der Waals surface area contributed by atoms with E-state index in [2.05, 4.69) is 15.0 Å². The maximum absolute atomic E-state index is 12.4. The second-order valence-electron chi connectivity index (χ2n) is 7.26. The number of amides is 2. The van der Waals surface area contributed by atoms with Crippen molar-refractivity contribution in [2.75, 3.05) is 26.7 Å². The molecule has 0 aliphatic carbocycles. The minimum absolute atomic E-state index is 0.0653. The number of aromatic amines is 1. The lowest BCUT2D eigenvalue weighted by Gasteiger charge is -2.33. The van der Waals surface area contributed by atoms with E-state index in [4.69, 9.17) is 0 Å². The predicted molar refractivity (Wildman–Crippen MR) is 106 cm³/mol. The van der Waals surface area contributed by atoms with Crippen molar-refractivity contribution in [2.24, 2.45) is 5.92 Å². The largest absolute Gasteiger partial charge is 0.469 e. The number of esters is 1. The molecule has 0 saturated carbocycles. The van der Waals surface area contributed by atoms with Gasteiger partial charge in [-0.25, -0.2) is 0 Å². The Hall–Kier alpha value is -2.83. The van der Waals surface area contributed by atoms with Gasteiger partial charge in [0.1, 0.15) is 5.69 Å². The number of methoxy groups -OCH3 is 1. The van der Waals surface area contributed by atoms with E-state index in [1.807, 2.05) is 35.2 Å². The molecule has 7 nitrogen and oxygen atoms in total. The Labute approximate surface area is 164 Å². The second kappa shape index (κ2) is 9.39. The number of hydrogen-bond donors (Lipinski definition) is 2. The summed E-state index contributed by atoms with van der Waals surface area (Å²) in [5.74, 6) is -0.107. The van der Waals surface area contributed by atoms with Crippen LogP contribution in [0.15, 0.2) is 30.3 Å². The lowest BCUT2D eigenvalue weighted by molar-refractivity contribution is -0.141. The predicted octanol–water partition coefficient (Wildman–Crippen LogP) is 2.48. The number of hydrogen-bond acceptors (Lipinski definition) is 4. The summed E-state index contributed by atoms with van der Waals surface area (Å²) >= 11 is 0. The molecule has 2 N–H and O–H groups in total.